The third-order valence-electron chi connectivity index (χ3n) is 3.65. The van der Waals surface area contributed by atoms with Crippen LogP contribution in [-0.2, 0) is 0 Å². The van der Waals surface area contributed by atoms with Gasteiger partial charge in [-0.25, -0.2) is 4.98 Å². The molecule has 94 valence electrons. The van der Waals surface area contributed by atoms with Crippen molar-refractivity contribution < 1.29 is 0 Å². The molecule has 4 rings (SSSR count). The molecule has 1 N–H and O–H groups in total. The second-order valence-electron chi connectivity index (χ2n) is 5.24. The van der Waals surface area contributed by atoms with Gasteiger partial charge in [-0.1, -0.05) is 0 Å². The number of aromatic nitrogens is 4. The predicted molar refractivity (Wildman–Crippen MR) is 69.8 cm³/mol. The van der Waals surface area contributed by atoms with E-state index in [9.17, 15) is 0 Å². The number of hydrogen-bond donors (Lipinski definition) is 1. The zero-order chi connectivity index (χ0) is 12.1. The highest BCUT2D eigenvalue weighted by Gasteiger charge is 2.35. The summed E-state index contributed by atoms with van der Waals surface area (Å²) in [5, 5.41) is 0.283. The summed E-state index contributed by atoms with van der Waals surface area (Å²) in [6.07, 6.45) is 6.84. The molecule has 0 bridgehead atoms. The van der Waals surface area contributed by atoms with Gasteiger partial charge in [0, 0.05) is 12.6 Å². The molecule has 6 heteroatoms. The molecule has 0 atom stereocenters. The molecule has 0 unspecified atom stereocenters. The van der Waals surface area contributed by atoms with Crippen LogP contribution in [0.25, 0.3) is 11.2 Å². The van der Waals surface area contributed by atoms with E-state index < -0.39 is 0 Å². The summed E-state index contributed by atoms with van der Waals surface area (Å²) in [5.41, 5.74) is 1.57. The first kappa shape index (κ1) is 10.6. The van der Waals surface area contributed by atoms with Gasteiger partial charge in [0.05, 0.1) is 6.33 Å². The Bertz CT molecular complexity index is 587. The van der Waals surface area contributed by atoms with Gasteiger partial charge < -0.3 is 9.88 Å². The molecular weight excluding hydrogens is 250 g/mol. The van der Waals surface area contributed by atoms with Crippen molar-refractivity contribution in [3.63, 3.8) is 0 Å². The lowest BCUT2D eigenvalue weighted by atomic mass is 10.3. The third kappa shape index (κ3) is 1.82. The number of halogens is 1. The Morgan fingerprint density at radius 3 is 2.83 bits per heavy atom. The molecule has 0 aliphatic heterocycles. The Hall–Kier alpha value is -1.36. The third-order valence-corrected chi connectivity index (χ3v) is 3.82. The molecular formula is C12H14ClN5. The number of fused-ring (bicyclic) bond motifs is 1. The molecule has 0 saturated heterocycles. The highest BCUT2D eigenvalue weighted by molar-refractivity contribution is 6.28. The first-order chi connectivity index (χ1) is 8.81. The minimum atomic E-state index is 0.283. The van der Waals surface area contributed by atoms with Crippen molar-refractivity contribution in [1.29, 1.82) is 0 Å². The van der Waals surface area contributed by atoms with Gasteiger partial charge in [-0.2, -0.15) is 9.97 Å². The van der Waals surface area contributed by atoms with Crippen LogP contribution in [-0.4, -0.2) is 32.5 Å². The average molecular weight is 264 g/mol. The Labute approximate surface area is 110 Å². The SMILES string of the molecule is Clc1nc(N(CC2CC2)C2CC2)c2[nH]cnc2n1. The molecule has 0 amide bonds. The molecule has 18 heavy (non-hydrogen) atoms. The molecule has 2 fully saturated rings. The van der Waals surface area contributed by atoms with E-state index in [1.165, 1.54) is 25.7 Å². The van der Waals surface area contributed by atoms with Crippen LogP contribution < -0.4 is 4.90 Å². The van der Waals surface area contributed by atoms with Crippen LogP contribution >= 0.6 is 11.6 Å². The molecule has 2 aromatic rings. The first-order valence-corrected chi connectivity index (χ1v) is 6.82. The van der Waals surface area contributed by atoms with Crippen molar-refractivity contribution in [1.82, 2.24) is 19.9 Å². The quantitative estimate of drug-likeness (QED) is 0.861. The van der Waals surface area contributed by atoms with E-state index in [0.717, 1.165) is 23.8 Å². The van der Waals surface area contributed by atoms with E-state index in [-0.39, 0.29) is 5.28 Å². The Morgan fingerprint density at radius 1 is 1.28 bits per heavy atom. The second kappa shape index (κ2) is 3.82. The molecule has 2 aliphatic carbocycles. The monoisotopic (exact) mass is 263 g/mol. The van der Waals surface area contributed by atoms with Crippen LogP contribution in [0.5, 0.6) is 0 Å². The van der Waals surface area contributed by atoms with Crippen molar-refractivity contribution in [2.45, 2.75) is 31.7 Å². The molecule has 0 radical (unpaired) electrons. The summed E-state index contributed by atoms with van der Waals surface area (Å²) in [6.45, 7) is 1.09. The summed E-state index contributed by atoms with van der Waals surface area (Å²) >= 11 is 6.00. The fraction of sp³-hybridized carbons (Fsp3) is 0.583. The van der Waals surface area contributed by atoms with E-state index >= 15 is 0 Å². The smallest absolute Gasteiger partial charge is 0.226 e. The van der Waals surface area contributed by atoms with Gasteiger partial charge >= 0.3 is 0 Å². The Kier molecular flexibility index (Phi) is 2.24. The highest BCUT2D eigenvalue weighted by Crippen LogP contribution is 2.38. The molecule has 2 aliphatic rings. The van der Waals surface area contributed by atoms with E-state index in [1.54, 1.807) is 6.33 Å². The van der Waals surface area contributed by atoms with Crippen molar-refractivity contribution in [3.05, 3.63) is 11.6 Å². The van der Waals surface area contributed by atoms with E-state index in [4.69, 9.17) is 11.6 Å². The topological polar surface area (TPSA) is 57.7 Å². The standard InChI is InChI=1S/C12H14ClN5/c13-12-16-10-9(14-6-15-10)11(17-12)18(8-3-4-8)5-7-1-2-7/h6-8H,1-5H2,(H,14,15,16,17). The van der Waals surface area contributed by atoms with E-state index in [2.05, 4.69) is 24.8 Å². The van der Waals surface area contributed by atoms with Crippen molar-refractivity contribution in [2.75, 3.05) is 11.4 Å². The lowest BCUT2D eigenvalue weighted by molar-refractivity contribution is 0.710. The fourth-order valence-corrected chi connectivity index (χ4v) is 2.53. The number of nitrogens with zero attached hydrogens (tertiary/aromatic N) is 4. The predicted octanol–water partition coefficient (Wildman–Crippen LogP) is 2.39. The van der Waals surface area contributed by atoms with E-state index in [0.29, 0.717) is 11.7 Å². The molecule has 2 aromatic heterocycles. The van der Waals surface area contributed by atoms with Crippen molar-refractivity contribution in [3.8, 4) is 0 Å². The summed E-state index contributed by atoms with van der Waals surface area (Å²) in [5.74, 6) is 1.76. The Morgan fingerprint density at radius 2 is 2.11 bits per heavy atom. The number of anilines is 1. The zero-order valence-corrected chi connectivity index (χ0v) is 10.7. The van der Waals surface area contributed by atoms with Crippen LogP contribution in [0.1, 0.15) is 25.7 Å². The molecule has 0 spiro atoms. The number of H-pyrrole nitrogens is 1. The number of hydrogen-bond acceptors (Lipinski definition) is 4. The van der Waals surface area contributed by atoms with E-state index in [1.807, 2.05) is 0 Å². The van der Waals surface area contributed by atoms with Crippen LogP contribution in [0.4, 0.5) is 5.82 Å². The number of aromatic amines is 1. The first-order valence-electron chi connectivity index (χ1n) is 6.44. The lowest BCUT2D eigenvalue weighted by Crippen LogP contribution is -2.29. The van der Waals surface area contributed by atoms with Gasteiger partial charge in [0.2, 0.25) is 5.28 Å². The maximum Gasteiger partial charge on any atom is 0.226 e. The Balaban J connectivity index is 1.79. The highest BCUT2D eigenvalue weighted by atomic mass is 35.5. The largest absolute Gasteiger partial charge is 0.351 e. The average Bonchev–Trinajstić information content (AvgIpc) is 3.24. The molecule has 2 saturated carbocycles. The van der Waals surface area contributed by atoms with Gasteiger partial charge in [0.15, 0.2) is 11.5 Å². The van der Waals surface area contributed by atoms with Gasteiger partial charge in [-0.3, -0.25) is 0 Å². The normalized spacial score (nSPS) is 19.4. The number of nitrogens with one attached hydrogen (secondary N) is 1. The summed E-state index contributed by atoms with van der Waals surface area (Å²) in [6, 6.07) is 0.628. The zero-order valence-electron chi connectivity index (χ0n) is 9.93. The molecule has 0 aromatic carbocycles. The molecule has 2 heterocycles. The van der Waals surface area contributed by atoms with Crippen LogP contribution in [0, 0.1) is 5.92 Å². The van der Waals surface area contributed by atoms with Crippen molar-refractivity contribution >= 4 is 28.6 Å². The van der Waals surface area contributed by atoms with Gasteiger partial charge in [-0.15, -0.1) is 0 Å². The summed E-state index contributed by atoms with van der Waals surface area (Å²) < 4.78 is 0. The van der Waals surface area contributed by atoms with Crippen molar-refractivity contribution in [2.24, 2.45) is 5.92 Å². The van der Waals surface area contributed by atoms with Crippen LogP contribution in [0.15, 0.2) is 6.33 Å². The lowest BCUT2D eigenvalue weighted by Gasteiger charge is -2.23. The number of rotatable bonds is 4. The number of imidazole rings is 1. The molecule has 5 nitrogen and oxygen atoms in total. The van der Waals surface area contributed by atoms with Gasteiger partial charge in [-0.05, 0) is 43.2 Å². The minimum absolute atomic E-state index is 0.283. The van der Waals surface area contributed by atoms with Crippen LogP contribution in [0.2, 0.25) is 5.28 Å². The van der Waals surface area contributed by atoms with Crippen LogP contribution in [0.3, 0.4) is 0 Å². The fourth-order valence-electron chi connectivity index (χ4n) is 2.37. The van der Waals surface area contributed by atoms with Gasteiger partial charge in [0.1, 0.15) is 5.52 Å². The summed E-state index contributed by atoms with van der Waals surface area (Å²) in [4.78, 5) is 18.3. The maximum atomic E-state index is 6.00. The van der Waals surface area contributed by atoms with Gasteiger partial charge in [0.25, 0.3) is 0 Å². The minimum Gasteiger partial charge on any atom is -0.351 e. The summed E-state index contributed by atoms with van der Waals surface area (Å²) in [7, 11) is 0. The maximum absolute atomic E-state index is 6.00. The second-order valence-corrected chi connectivity index (χ2v) is 5.58.